The Kier molecular flexibility index (Phi) is 1.06. The lowest BCUT2D eigenvalue weighted by Crippen LogP contribution is -1.98. The van der Waals surface area contributed by atoms with Crippen LogP contribution in [0.1, 0.15) is 25.7 Å². The van der Waals surface area contributed by atoms with Gasteiger partial charge in [0.2, 0.25) is 5.89 Å². The van der Waals surface area contributed by atoms with E-state index in [-0.39, 0.29) is 10.7 Å². The van der Waals surface area contributed by atoms with E-state index in [1.54, 1.807) is 0 Å². The maximum Gasteiger partial charge on any atom is 0.263 e. The molecule has 0 bridgehead atoms. The predicted molar refractivity (Wildman–Crippen MR) is 35.9 cm³/mol. The quantitative estimate of drug-likeness (QED) is 0.626. The van der Waals surface area contributed by atoms with E-state index in [4.69, 9.17) is 16.1 Å². The topological polar surface area (TPSA) is 38.9 Å². The van der Waals surface area contributed by atoms with Crippen molar-refractivity contribution < 1.29 is 4.52 Å². The summed E-state index contributed by atoms with van der Waals surface area (Å²) in [5.74, 6) is 0.678. The Morgan fingerprint density at radius 3 is 2.70 bits per heavy atom. The molecule has 0 aliphatic heterocycles. The minimum absolute atomic E-state index is 0.139. The minimum atomic E-state index is 0.139. The molecule has 0 aromatic carbocycles. The van der Waals surface area contributed by atoms with Gasteiger partial charge in [-0.3, -0.25) is 0 Å². The lowest BCUT2D eigenvalue weighted by Gasteiger charge is -1.95. The molecule has 0 amide bonds. The first-order valence-corrected chi connectivity index (χ1v) is 3.58. The molecule has 1 aliphatic carbocycles. The van der Waals surface area contributed by atoms with Gasteiger partial charge in [0.05, 0.1) is 0 Å². The molecule has 1 heterocycles. The molecule has 1 aromatic heterocycles. The molecule has 1 aliphatic rings. The van der Waals surface area contributed by atoms with Crippen LogP contribution in [-0.2, 0) is 5.41 Å². The van der Waals surface area contributed by atoms with Crippen molar-refractivity contribution in [1.82, 2.24) is 10.1 Å². The number of halogens is 1. The fourth-order valence-electron chi connectivity index (χ4n) is 0.852. The van der Waals surface area contributed by atoms with Gasteiger partial charge in [0.15, 0.2) is 0 Å². The zero-order chi connectivity index (χ0) is 7.19. The number of rotatable bonds is 1. The van der Waals surface area contributed by atoms with Crippen molar-refractivity contribution in [3.8, 4) is 0 Å². The fourth-order valence-corrected chi connectivity index (χ4v) is 0.963. The van der Waals surface area contributed by atoms with Crippen molar-refractivity contribution in [2.24, 2.45) is 0 Å². The standard InChI is InChI=1S/C6H7ClN2O/c1-6(2-3-6)4-8-5(7)9-10-4/h2-3H2,1H3. The van der Waals surface area contributed by atoms with E-state index in [0.29, 0.717) is 5.89 Å². The van der Waals surface area contributed by atoms with Crippen molar-refractivity contribution in [2.75, 3.05) is 0 Å². The Morgan fingerprint density at radius 2 is 2.30 bits per heavy atom. The summed E-state index contributed by atoms with van der Waals surface area (Å²) in [5.41, 5.74) is 0.139. The normalized spacial score (nSPS) is 21.0. The van der Waals surface area contributed by atoms with Gasteiger partial charge in [0, 0.05) is 5.41 Å². The third-order valence-electron chi connectivity index (χ3n) is 1.92. The van der Waals surface area contributed by atoms with Crippen molar-refractivity contribution in [3.05, 3.63) is 11.2 Å². The molecule has 4 heteroatoms. The molecule has 0 atom stereocenters. The Hall–Kier alpha value is -0.570. The van der Waals surface area contributed by atoms with Crippen LogP contribution in [0, 0.1) is 0 Å². The molecule has 2 rings (SSSR count). The zero-order valence-electron chi connectivity index (χ0n) is 5.59. The summed E-state index contributed by atoms with van der Waals surface area (Å²) in [5, 5.41) is 3.71. The van der Waals surface area contributed by atoms with Crippen LogP contribution >= 0.6 is 11.6 Å². The molecule has 0 spiro atoms. The molecular formula is C6H7ClN2O. The van der Waals surface area contributed by atoms with Gasteiger partial charge in [0.1, 0.15) is 0 Å². The molecule has 1 aromatic rings. The summed E-state index contributed by atoms with van der Waals surface area (Å²) in [7, 11) is 0. The molecule has 0 N–H and O–H groups in total. The van der Waals surface area contributed by atoms with E-state index in [0.717, 1.165) is 12.8 Å². The second-order valence-electron chi connectivity index (χ2n) is 2.93. The van der Waals surface area contributed by atoms with Crippen LogP contribution in [0.4, 0.5) is 0 Å². The summed E-state index contributed by atoms with van der Waals surface area (Å²) in [4.78, 5) is 3.93. The van der Waals surface area contributed by atoms with Gasteiger partial charge in [-0.15, -0.1) is 0 Å². The van der Waals surface area contributed by atoms with E-state index in [1.165, 1.54) is 0 Å². The molecule has 54 valence electrons. The fraction of sp³-hybridized carbons (Fsp3) is 0.667. The SMILES string of the molecule is CC1(c2nc(Cl)no2)CC1. The zero-order valence-corrected chi connectivity index (χ0v) is 6.35. The Balaban J connectivity index is 2.34. The first-order valence-electron chi connectivity index (χ1n) is 3.20. The van der Waals surface area contributed by atoms with Gasteiger partial charge in [0.25, 0.3) is 5.28 Å². The third kappa shape index (κ3) is 0.814. The summed E-state index contributed by atoms with van der Waals surface area (Å²) in [6, 6.07) is 0. The lowest BCUT2D eigenvalue weighted by atomic mass is 10.1. The van der Waals surface area contributed by atoms with Crippen molar-refractivity contribution in [2.45, 2.75) is 25.2 Å². The van der Waals surface area contributed by atoms with Crippen molar-refractivity contribution in [3.63, 3.8) is 0 Å². The Morgan fingerprint density at radius 1 is 1.60 bits per heavy atom. The number of hydrogen-bond acceptors (Lipinski definition) is 3. The number of hydrogen-bond donors (Lipinski definition) is 0. The average Bonchev–Trinajstić information content (AvgIpc) is 2.45. The Labute approximate surface area is 63.4 Å². The Bertz CT molecular complexity index is 254. The van der Waals surface area contributed by atoms with Crippen LogP contribution in [0.15, 0.2) is 4.52 Å². The van der Waals surface area contributed by atoms with Crippen LogP contribution in [0.25, 0.3) is 0 Å². The van der Waals surface area contributed by atoms with Gasteiger partial charge < -0.3 is 4.52 Å². The largest absolute Gasteiger partial charge is 0.337 e. The highest BCUT2D eigenvalue weighted by atomic mass is 35.5. The van der Waals surface area contributed by atoms with Crippen molar-refractivity contribution in [1.29, 1.82) is 0 Å². The summed E-state index contributed by atoms with van der Waals surface area (Å²) in [6.07, 6.45) is 2.26. The minimum Gasteiger partial charge on any atom is -0.337 e. The second kappa shape index (κ2) is 1.72. The smallest absolute Gasteiger partial charge is 0.263 e. The van der Waals surface area contributed by atoms with Crippen LogP contribution in [0.5, 0.6) is 0 Å². The first-order chi connectivity index (χ1) is 4.71. The van der Waals surface area contributed by atoms with Gasteiger partial charge in [-0.1, -0.05) is 6.92 Å². The number of aromatic nitrogens is 2. The van der Waals surface area contributed by atoms with Gasteiger partial charge in [-0.25, -0.2) is 0 Å². The molecule has 0 radical (unpaired) electrons. The van der Waals surface area contributed by atoms with Crippen LogP contribution < -0.4 is 0 Å². The third-order valence-corrected chi connectivity index (χ3v) is 2.07. The molecular weight excluding hydrogens is 152 g/mol. The lowest BCUT2D eigenvalue weighted by molar-refractivity contribution is 0.352. The monoisotopic (exact) mass is 158 g/mol. The maximum absolute atomic E-state index is 5.48. The van der Waals surface area contributed by atoms with E-state index < -0.39 is 0 Å². The predicted octanol–water partition coefficient (Wildman–Crippen LogP) is 1.77. The van der Waals surface area contributed by atoms with E-state index in [2.05, 4.69) is 17.1 Å². The molecule has 10 heavy (non-hydrogen) atoms. The van der Waals surface area contributed by atoms with Gasteiger partial charge >= 0.3 is 0 Å². The summed E-state index contributed by atoms with van der Waals surface area (Å²) >= 11 is 5.48. The highest BCUT2D eigenvalue weighted by molar-refractivity contribution is 6.28. The highest BCUT2D eigenvalue weighted by Crippen LogP contribution is 2.46. The molecule has 1 saturated carbocycles. The molecule has 0 unspecified atom stereocenters. The molecule has 3 nitrogen and oxygen atoms in total. The second-order valence-corrected chi connectivity index (χ2v) is 3.27. The summed E-state index contributed by atoms with van der Waals surface area (Å²) < 4.78 is 4.90. The summed E-state index contributed by atoms with van der Waals surface area (Å²) in [6.45, 7) is 2.09. The maximum atomic E-state index is 5.48. The molecule has 0 saturated heterocycles. The van der Waals surface area contributed by atoms with Crippen LogP contribution in [0.2, 0.25) is 5.28 Å². The van der Waals surface area contributed by atoms with E-state index in [1.807, 2.05) is 0 Å². The van der Waals surface area contributed by atoms with Crippen molar-refractivity contribution >= 4 is 11.6 Å². The van der Waals surface area contributed by atoms with E-state index >= 15 is 0 Å². The van der Waals surface area contributed by atoms with Gasteiger partial charge in [-0.2, -0.15) is 4.98 Å². The van der Waals surface area contributed by atoms with Crippen LogP contribution in [-0.4, -0.2) is 10.1 Å². The van der Waals surface area contributed by atoms with E-state index in [9.17, 15) is 0 Å². The van der Waals surface area contributed by atoms with Gasteiger partial charge in [-0.05, 0) is 29.6 Å². The number of nitrogens with zero attached hydrogens (tertiary/aromatic N) is 2. The highest BCUT2D eigenvalue weighted by Gasteiger charge is 2.44. The first kappa shape index (κ1) is 6.16. The van der Waals surface area contributed by atoms with Crippen LogP contribution in [0.3, 0.4) is 0 Å². The average molecular weight is 159 g/mol. The molecule has 1 fully saturated rings.